The molecule has 2 amide bonds. The van der Waals surface area contributed by atoms with E-state index in [-0.39, 0.29) is 23.9 Å². The van der Waals surface area contributed by atoms with Crippen molar-refractivity contribution in [1.82, 2.24) is 30.4 Å². The number of β-lactam (4-membered cyclic amide) rings is 1. The van der Waals surface area contributed by atoms with Crippen LogP contribution >= 0.6 is 47.0 Å². The summed E-state index contributed by atoms with van der Waals surface area (Å²) in [5.41, 5.74) is 1.67. The zero-order valence-corrected chi connectivity index (χ0v) is 19.1. The topological polar surface area (TPSA) is 130 Å². The van der Waals surface area contributed by atoms with Gasteiger partial charge in [0.2, 0.25) is 11.1 Å². The number of aromatic nitrogens is 4. The number of aliphatic carboxylic acids is 1. The van der Waals surface area contributed by atoms with E-state index in [1.165, 1.54) is 33.1 Å². The average Bonchev–Trinajstić information content (AvgIpc) is 3.15. The molecule has 30 heavy (non-hydrogen) atoms. The Balaban J connectivity index is 1.42. The molecule has 1 fully saturated rings. The van der Waals surface area contributed by atoms with Gasteiger partial charge in [0.15, 0.2) is 0 Å². The molecule has 4 rings (SSSR count). The zero-order chi connectivity index (χ0) is 21.3. The number of hydrogen-bond donors (Lipinski definition) is 2. The molecule has 1 aromatic heterocycles. The Morgan fingerprint density at radius 3 is 2.90 bits per heavy atom. The standard InChI is InChI=1S/C16H18N6O4S4/c1-21-16(18-19-20-21)30-6-9-5-29-14-11(13(24)22(14)12(9)15(25)26)17-10(23)2-8-3-27-7-28-4-8/h3,11,14H,2,4-7H2,1H3,(H,17,23)(H,25,26). The van der Waals surface area contributed by atoms with Crippen molar-refractivity contribution in [3.8, 4) is 0 Å². The molecule has 14 heteroatoms. The molecule has 2 atom stereocenters. The summed E-state index contributed by atoms with van der Waals surface area (Å²) in [4.78, 5) is 38.3. The van der Waals surface area contributed by atoms with E-state index in [0.717, 1.165) is 16.4 Å². The maximum absolute atomic E-state index is 12.7. The summed E-state index contributed by atoms with van der Waals surface area (Å²) in [5.74, 6) is -0.107. The van der Waals surface area contributed by atoms with Gasteiger partial charge in [0, 0.05) is 35.8 Å². The van der Waals surface area contributed by atoms with Crippen LogP contribution in [-0.2, 0) is 21.4 Å². The Morgan fingerprint density at radius 2 is 2.23 bits per heavy atom. The maximum Gasteiger partial charge on any atom is 0.352 e. The zero-order valence-electron chi connectivity index (χ0n) is 15.8. The molecule has 1 saturated heterocycles. The van der Waals surface area contributed by atoms with Gasteiger partial charge in [0.05, 0.1) is 0 Å². The summed E-state index contributed by atoms with van der Waals surface area (Å²) >= 11 is 6.20. The minimum atomic E-state index is -1.15. The lowest BCUT2D eigenvalue weighted by Gasteiger charge is -2.49. The lowest BCUT2D eigenvalue weighted by Crippen LogP contribution is -2.70. The minimum Gasteiger partial charge on any atom is -0.477 e. The highest BCUT2D eigenvalue weighted by Gasteiger charge is 2.54. The van der Waals surface area contributed by atoms with Gasteiger partial charge in [-0.2, -0.15) is 0 Å². The molecule has 3 aliphatic heterocycles. The van der Waals surface area contributed by atoms with Gasteiger partial charge in [0.25, 0.3) is 5.91 Å². The normalized spacial score (nSPS) is 23.6. The Hall–Kier alpha value is -1.64. The first-order chi connectivity index (χ1) is 14.5. The second kappa shape index (κ2) is 9.24. The lowest BCUT2D eigenvalue weighted by molar-refractivity contribution is -0.150. The molecular formula is C16H18N6O4S4. The summed E-state index contributed by atoms with van der Waals surface area (Å²) in [6, 6.07) is -0.696. The van der Waals surface area contributed by atoms with Crippen molar-refractivity contribution < 1.29 is 19.5 Å². The van der Waals surface area contributed by atoms with Crippen molar-refractivity contribution in [2.24, 2.45) is 7.05 Å². The molecule has 0 aromatic carbocycles. The molecule has 0 radical (unpaired) electrons. The monoisotopic (exact) mass is 486 g/mol. The number of fused-ring (bicyclic) bond motifs is 1. The predicted octanol–water partition coefficient (Wildman–Crippen LogP) is 0.752. The van der Waals surface area contributed by atoms with Gasteiger partial charge < -0.3 is 10.4 Å². The average molecular weight is 487 g/mol. The highest BCUT2D eigenvalue weighted by Crippen LogP contribution is 2.41. The highest BCUT2D eigenvalue weighted by molar-refractivity contribution is 8.18. The maximum atomic E-state index is 12.7. The summed E-state index contributed by atoms with van der Waals surface area (Å²) in [7, 11) is 1.70. The van der Waals surface area contributed by atoms with Crippen LogP contribution in [0.4, 0.5) is 0 Å². The third-order valence-corrected chi connectivity index (χ3v) is 9.32. The Morgan fingerprint density at radius 1 is 1.40 bits per heavy atom. The number of aryl methyl sites for hydroxylation is 1. The largest absolute Gasteiger partial charge is 0.477 e. The van der Waals surface area contributed by atoms with E-state index in [9.17, 15) is 19.5 Å². The Bertz CT molecular complexity index is 948. The number of amides is 2. The van der Waals surface area contributed by atoms with Gasteiger partial charge in [-0.05, 0) is 27.0 Å². The van der Waals surface area contributed by atoms with E-state index in [1.54, 1.807) is 30.6 Å². The molecule has 2 N–H and O–H groups in total. The quantitative estimate of drug-likeness (QED) is 0.418. The number of carbonyl (C=O) groups excluding carboxylic acids is 2. The number of carboxylic acid groups (broad SMARTS) is 1. The van der Waals surface area contributed by atoms with E-state index in [1.807, 2.05) is 5.41 Å². The van der Waals surface area contributed by atoms with Crippen LogP contribution in [0.15, 0.2) is 27.4 Å². The number of rotatable bonds is 7. The fourth-order valence-corrected chi connectivity index (χ4v) is 7.50. The van der Waals surface area contributed by atoms with Gasteiger partial charge in [-0.3, -0.25) is 14.5 Å². The number of tetrazole rings is 1. The van der Waals surface area contributed by atoms with Gasteiger partial charge in [-0.25, -0.2) is 9.48 Å². The van der Waals surface area contributed by atoms with Crippen molar-refractivity contribution >= 4 is 64.8 Å². The highest BCUT2D eigenvalue weighted by atomic mass is 32.2. The van der Waals surface area contributed by atoms with Crippen molar-refractivity contribution in [2.75, 3.05) is 22.3 Å². The molecule has 10 nitrogen and oxygen atoms in total. The number of hydrogen-bond acceptors (Lipinski definition) is 10. The first-order valence-electron chi connectivity index (χ1n) is 8.87. The molecule has 0 aliphatic carbocycles. The number of thioether (sulfide) groups is 4. The third kappa shape index (κ3) is 4.36. The van der Waals surface area contributed by atoms with Gasteiger partial charge in [-0.15, -0.1) is 40.4 Å². The molecule has 160 valence electrons. The number of nitrogens with one attached hydrogen (secondary N) is 1. The van der Waals surface area contributed by atoms with Crippen molar-refractivity contribution in [3.05, 3.63) is 22.3 Å². The van der Waals surface area contributed by atoms with E-state index in [0.29, 0.717) is 22.2 Å². The van der Waals surface area contributed by atoms with E-state index in [2.05, 4.69) is 20.8 Å². The van der Waals surface area contributed by atoms with Crippen LogP contribution in [0.5, 0.6) is 0 Å². The summed E-state index contributed by atoms with van der Waals surface area (Å²) in [5, 5.41) is 26.9. The molecule has 0 bridgehead atoms. The van der Waals surface area contributed by atoms with Crippen molar-refractivity contribution in [2.45, 2.75) is 23.0 Å². The minimum absolute atomic E-state index is 0.000310. The predicted molar refractivity (Wildman–Crippen MR) is 117 cm³/mol. The van der Waals surface area contributed by atoms with Crippen LogP contribution in [0, 0.1) is 0 Å². The van der Waals surface area contributed by atoms with Crippen LogP contribution in [0.1, 0.15) is 6.42 Å². The van der Waals surface area contributed by atoms with Crippen molar-refractivity contribution in [1.29, 1.82) is 0 Å². The second-order valence-corrected chi connectivity index (χ2v) is 10.9. The molecule has 0 spiro atoms. The number of carbonyl (C=O) groups is 3. The second-order valence-electron chi connectivity index (χ2n) is 6.67. The summed E-state index contributed by atoms with van der Waals surface area (Å²) in [6.45, 7) is 0. The molecule has 2 unspecified atom stereocenters. The van der Waals surface area contributed by atoms with Gasteiger partial charge in [-0.1, -0.05) is 11.8 Å². The Kier molecular flexibility index (Phi) is 6.65. The molecular weight excluding hydrogens is 468 g/mol. The number of carboxylic acids is 1. The fourth-order valence-electron chi connectivity index (χ4n) is 3.22. The summed E-state index contributed by atoms with van der Waals surface area (Å²) in [6.07, 6.45) is 0.260. The molecule has 1 aromatic rings. The molecule has 0 saturated carbocycles. The molecule has 4 heterocycles. The smallest absolute Gasteiger partial charge is 0.352 e. The number of nitrogens with zero attached hydrogens (tertiary/aromatic N) is 5. The van der Waals surface area contributed by atoms with Crippen molar-refractivity contribution in [3.63, 3.8) is 0 Å². The molecule has 3 aliphatic rings. The fraction of sp³-hybridized carbons (Fsp3) is 0.500. The van der Waals surface area contributed by atoms with Crippen LogP contribution in [0.3, 0.4) is 0 Å². The third-order valence-electron chi connectivity index (χ3n) is 4.60. The van der Waals surface area contributed by atoms with Gasteiger partial charge >= 0.3 is 5.97 Å². The lowest BCUT2D eigenvalue weighted by atomic mass is 10.0. The Labute approximate surface area is 189 Å². The summed E-state index contributed by atoms with van der Waals surface area (Å²) < 4.78 is 1.50. The first kappa shape index (κ1) is 21.6. The van der Waals surface area contributed by atoms with E-state index in [4.69, 9.17) is 0 Å². The van der Waals surface area contributed by atoms with Gasteiger partial charge in [0.1, 0.15) is 17.1 Å². The van der Waals surface area contributed by atoms with Crippen LogP contribution in [0.25, 0.3) is 0 Å². The SMILES string of the molecule is Cn1nnnc1SCC1=C(C(=O)O)N2C(=O)C(NC(=O)CC3=CSCSC3)C2SC1. The van der Waals surface area contributed by atoms with E-state index >= 15 is 0 Å². The van der Waals surface area contributed by atoms with Crippen LogP contribution in [-0.4, -0.2) is 81.8 Å². The van der Waals surface area contributed by atoms with E-state index < -0.39 is 17.4 Å². The first-order valence-corrected chi connectivity index (χ1v) is 13.1. The van der Waals surface area contributed by atoms with Crippen LogP contribution < -0.4 is 5.32 Å². The van der Waals surface area contributed by atoms with Crippen LogP contribution in [0.2, 0.25) is 0 Å².